The van der Waals surface area contributed by atoms with Gasteiger partial charge in [0.15, 0.2) is 0 Å². The van der Waals surface area contributed by atoms with Crippen LogP contribution in [0.15, 0.2) is 64.2 Å². The fourth-order valence-corrected chi connectivity index (χ4v) is 2.72. The lowest BCUT2D eigenvalue weighted by atomic mass is 10.2. The number of thioether (sulfide) groups is 1. The first-order chi connectivity index (χ1) is 11.8. The van der Waals surface area contributed by atoms with E-state index in [0.717, 1.165) is 29.2 Å². The summed E-state index contributed by atoms with van der Waals surface area (Å²) in [7, 11) is 1.65. The minimum Gasteiger partial charge on any atom is -0.497 e. The molecule has 0 aliphatic carbocycles. The molecule has 2 aromatic carbocycles. The monoisotopic (exact) mass is 342 g/mol. The van der Waals surface area contributed by atoms with Crippen molar-refractivity contribution in [1.82, 2.24) is 10.2 Å². The van der Waals surface area contributed by atoms with Gasteiger partial charge in [-0.15, -0.1) is 10.2 Å². The number of hydrogen-bond donors (Lipinski definition) is 0. The lowest BCUT2D eigenvalue weighted by Gasteiger charge is -2.06. The molecule has 0 bridgehead atoms. The maximum Gasteiger partial charge on any atom is 0.276 e. The van der Waals surface area contributed by atoms with E-state index in [4.69, 9.17) is 13.9 Å². The number of nitrogens with zero attached hydrogens (tertiary/aromatic N) is 2. The van der Waals surface area contributed by atoms with E-state index in [1.807, 2.05) is 54.6 Å². The van der Waals surface area contributed by atoms with Gasteiger partial charge in [0.2, 0.25) is 5.89 Å². The molecule has 24 heavy (non-hydrogen) atoms. The van der Waals surface area contributed by atoms with Crippen molar-refractivity contribution in [3.63, 3.8) is 0 Å². The molecular weight excluding hydrogens is 324 g/mol. The summed E-state index contributed by atoms with van der Waals surface area (Å²) >= 11 is 1.54. The third-order valence-electron chi connectivity index (χ3n) is 3.27. The van der Waals surface area contributed by atoms with E-state index >= 15 is 0 Å². The summed E-state index contributed by atoms with van der Waals surface area (Å²) in [6.07, 6.45) is 0.889. The lowest BCUT2D eigenvalue weighted by molar-refractivity contribution is 0.317. The number of rotatable bonds is 8. The molecule has 0 atom stereocenters. The minimum absolute atomic E-state index is 0.549. The Morgan fingerprint density at radius 3 is 2.46 bits per heavy atom. The highest BCUT2D eigenvalue weighted by molar-refractivity contribution is 7.99. The molecular formula is C18H18N2O3S. The van der Waals surface area contributed by atoms with Gasteiger partial charge in [0.05, 0.1) is 13.7 Å². The number of ether oxygens (including phenoxy) is 2. The Hall–Kier alpha value is -2.47. The molecule has 0 unspecified atom stereocenters. The van der Waals surface area contributed by atoms with Crippen LogP contribution >= 0.6 is 11.8 Å². The second-order valence-electron chi connectivity index (χ2n) is 4.97. The van der Waals surface area contributed by atoms with Crippen LogP contribution in [0.1, 0.15) is 6.42 Å². The van der Waals surface area contributed by atoms with E-state index in [0.29, 0.717) is 17.7 Å². The third kappa shape index (κ3) is 4.52. The molecule has 0 spiro atoms. The van der Waals surface area contributed by atoms with Crippen molar-refractivity contribution in [3.05, 3.63) is 54.6 Å². The maximum atomic E-state index is 5.68. The van der Waals surface area contributed by atoms with Gasteiger partial charge in [-0.25, -0.2) is 0 Å². The Labute approximate surface area is 145 Å². The predicted molar refractivity (Wildman–Crippen MR) is 93.6 cm³/mol. The van der Waals surface area contributed by atoms with Gasteiger partial charge in [-0.3, -0.25) is 0 Å². The molecule has 0 saturated heterocycles. The molecule has 1 aromatic heterocycles. The Morgan fingerprint density at radius 2 is 1.71 bits per heavy atom. The SMILES string of the molecule is COc1ccc(OCCCSc2nnc(-c3ccccc3)o2)cc1. The number of hydrogen-bond acceptors (Lipinski definition) is 6. The molecule has 124 valence electrons. The molecule has 0 saturated carbocycles. The highest BCUT2D eigenvalue weighted by atomic mass is 32.2. The van der Waals surface area contributed by atoms with Crippen LogP contribution in [0.25, 0.3) is 11.5 Å². The van der Waals surface area contributed by atoms with E-state index in [2.05, 4.69) is 10.2 Å². The topological polar surface area (TPSA) is 57.4 Å². The van der Waals surface area contributed by atoms with Crippen molar-refractivity contribution in [2.75, 3.05) is 19.5 Å². The molecule has 1 heterocycles. The van der Waals surface area contributed by atoms with Crippen LogP contribution in [-0.2, 0) is 0 Å². The lowest BCUT2D eigenvalue weighted by Crippen LogP contribution is -1.98. The zero-order valence-electron chi connectivity index (χ0n) is 13.3. The van der Waals surface area contributed by atoms with Crippen LogP contribution in [0, 0.1) is 0 Å². The van der Waals surface area contributed by atoms with Crippen molar-refractivity contribution in [2.45, 2.75) is 11.6 Å². The van der Waals surface area contributed by atoms with E-state index in [1.165, 1.54) is 11.8 Å². The van der Waals surface area contributed by atoms with Gasteiger partial charge < -0.3 is 13.9 Å². The quantitative estimate of drug-likeness (QED) is 0.449. The molecule has 3 rings (SSSR count). The summed E-state index contributed by atoms with van der Waals surface area (Å²) in [5, 5.41) is 8.71. The zero-order valence-corrected chi connectivity index (χ0v) is 14.2. The van der Waals surface area contributed by atoms with Gasteiger partial charge in [-0.1, -0.05) is 30.0 Å². The van der Waals surface area contributed by atoms with Gasteiger partial charge in [0.25, 0.3) is 5.22 Å². The first kappa shape index (κ1) is 16.4. The molecule has 3 aromatic rings. The van der Waals surface area contributed by atoms with Crippen LogP contribution in [0.3, 0.4) is 0 Å². The average Bonchev–Trinajstić information content (AvgIpc) is 3.12. The van der Waals surface area contributed by atoms with Gasteiger partial charge in [0, 0.05) is 11.3 Å². The summed E-state index contributed by atoms with van der Waals surface area (Å²) in [6, 6.07) is 17.3. The fraction of sp³-hybridized carbons (Fsp3) is 0.222. The van der Waals surface area contributed by atoms with E-state index in [1.54, 1.807) is 7.11 Å². The normalized spacial score (nSPS) is 10.5. The smallest absolute Gasteiger partial charge is 0.276 e. The van der Waals surface area contributed by atoms with Crippen molar-refractivity contribution in [3.8, 4) is 23.0 Å². The Morgan fingerprint density at radius 1 is 0.958 bits per heavy atom. The highest BCUT2D eigenvalue weighted by Gasteiger charge is 2.08. The van der Waals surface area contributed by atoms with Crippen molar-refractivity contribution < 1.29 is 13.9 Å². The van der Waals surface area contributed by atoms with Crippen molar-refractivity contribution >= 4 is 11.8 Å². The maximum absolute atomic E-state index is 5.68. The molecule has 0 aliphatic rings. The summed E-state index contributed by atoms with van der Waals surface area (Å²) in [6.45, 7) is 0.638. The van der Waals surface area contributed by atoms with Crippen LogP contribution in [0.4, 0.5) is 0 Å². The number of aromatic nitrogens is 2. The van der Waals surface area contributed by atoms with Gasteiger partial charge >= 0.3 is 0 Å². The van der Waals surface area contributed by atoms with Crippen LogP contribution in [0.2, 0.25) is 0 Å². The second kappa shape index (κ2) is 8.40. The van der Waals surface area contributed by atoms with Gasteiger partial charge in [0.1, 0.15) is 11.5 Å². The molecule has 5 nitrogen and oxygen atoms in total. The fourth-order valence-electron chi connectivity index (χ4n) is 2.05. The summed E-state index contributed by atoms with van der Waals surface area (Å²) < 4.78 is 16.4. The summed E-state index contributed by atoms with van der Waals surface area (Å²) in [5.74, 6) is 3.06. The van der Waals surface area contributed by atoms with Crippen LogP contribution in [-0.4, -0.2) is 29.7 Å². The zero-order chi connectivity index (χ0) is 16.6. The van der Waals surface area contributed by atoms with Crippen molar-refractivity contribution in [1.29, 1.82) is 0 Å². The summed E-state index contributed by atoms with van der Waals surface area (Å²) in [5.41, 5.74) is 0.930. The Kier molecular flexibility index (Phi) is 5.74. The Bertz CT molecular complexity index is 744. The van der Waals surface area contributed by atoms with E-state index in [-0.39, 0.29) is 0 Å². The largest absolute Gasteiger partial charge is 0.497 e. The first-order valence-corrected chi connectivity index (χ1v) is 8.62. The molecule has 0 amide bonds. The minimum atomic E-state index is 0.549. The summed E-state index contributed by atoms with van der Waals surface area (Å²) in [4.78, 5) is 0. The van der Waals surface area contributed by atoms with Crippen molar-refractivity contribution in [2.24, 2.45) is 0 Å². The molecule has 0 aliphatic heterocycles. The number of benzene rings is 2. The van der Waals surface area contributed by atoms with Crippen LogP contribution < -0.4 is 9.47 Å². The van der Waals surface area contributed by atoms with Gasteiger partial charge in [-0.2, -0.15) is 0 Å². The highest BCUT2D eigenvalue weighted by Crippen LogP contribution is 2.23. The van der Waals surface area contributed by atoms with E-state index in [9.17, 15) is 0 Å². The third-order valence-corrected chi connectivity index (χ3v) is 4.17. The molecule has 0 N–H and O–H groups in total. The molecule has 6 heteroatoms. The van der Waals surface area contributed by atoms with Gasteiger partial charge in [-0.05, 0) is 42.8 Å². The van der Waals surface area contributed by atoms with E-state index < -0.39 is 0 Å². The first-order valence-electron chi connectivity index (χ1n) is 7.64. The predicted octanol–water partition coefficient (Wildman–Crippen LogP) is 4.31. The number of methoxy groups -OCH3 is 1. The Balaban J connectivity index is 1.40. The molecule has 0 radical (unpaired) electrons. The average molecular weight is 342 g/mol. The second-order valence-corrected chi connectivity index (χ2v) is 6.01. The van der Waals surface area contributed by atoms with Crippen LogP contribution in [0.5, 0.6) is 11.5 Å². The molecule has 0 fully saturated rings. The standard InChI is InChI=1S/C18H18N2O3S/c1-21-15-8-10-16(11-9-15)22-12-5-13-24-18-20-19-17(23-18)14-6-3-2-4-7-14/h2-4,6-11H,5,12-13H2,1H3.